The van der Waals surface area contributed by atoms with Crippen molar-refractivity contribution in [3.8, 4) is 5.75 Å². The SMILES string of the molecule is CC(C)Oc1cccc(C(=O)N2CCN(S(C)(=O)=O)CC2)c1. The molecule has 1 fully saturated rings. The number of carbonyl (C=O) groups is 1. The third kappa shape index (κ3) is 4.20. The number of rotatable bonds is 4. The molecule has 0 saturated carbocycles. The Labute approximate surface area is 131 Å². The average molecular weight is 326 g/mol. The van der Waals surface area contributed by atoms with Crippen molar-refractivity contribution >= 4 is 15.9 Å². The second-order valence-corrected chi connectivity index (χ2v) is 7.63. The Morgan fingerprint density at radius 1 is 1.18 bits per heavy atom. The van der Waals surface area contributed by atoms with Gasteiger partial charge in [0, 0.05) is 31.7 Å². The zero-order valence-corrected chi connectivity index (χ0v) is 14.0. The van der Waals surface area contributed by atoms with Crippen LogP contribution in [0.15, 0.2) is 24.3 Å². The van der Waals surface area contributed by atoms with E-state index in [1.165, 1.54) is 10.6 Å². The number of sulfonamides is 1. The van der Waals surface area contributed by atoms with Crippen molar-refractivity contribution in [3.05, 3.63) is 29.8 Å². The predicted molar refractivity (Wildman–Crippen MR) is 84.5 cm³/mol. The molecule has 6 nitrogen and oxygen atoms in total. The second kappa shape index (κ2) is 6.66. The molecule has 0 atom stereocenters. The highest BCUT2D eigenvalue weighted by Crippen LogP contribution is 2.17. The largest absolute Gasteiger partial charge is 0.491 e. The first-order valence-electron chi connectivity index (χ1n) is 7.28. The van der Waals surface area contributed by atoms with Crippen molar-refractivity contribution in [1.82, 2.24) is 9.21 Å². The molecular weight excluding hydrogens is 304 g/mol. The van der Waals surface area contributed by atoms with Gasteiger partial charge in [-0.2, -0.15) is 4.31 Å². The number of piperazine rings is 1. The van der Waals surface area contributed by atoms with Crippen molar-refractivity contribution < 1.29 is 17.9 Å². The molecule has 1 saturated heterocycles. The summed E-state index contributed by atoms with van der Waals surface area (Å²) in [5.41, 5.74) is 0.561. The van der Waals surface area contributed by atoms with Gasteiger partial charge in [-0.25, -0.2) is 8.42 Å². The smallest absolute Gasteiger partial charge is 0.254 e. The highest BCUT2D eigenvalue weighted by molar-refractivity contribution is 7.88. The maximum atomic E-state index is 12.5. The summed E-state index contributed by atoms with van der Waals surface area (Å²) in [6.07, 6.45) is 1.24. The molecule has 0 aromatic heterocycles. The molecular formula is C15H22N2O4S. The van der Waals surface area contributed by atoms with E-state index in [1.54, 1.807) is 23.1 Å². The number of ether oxygens (including phenoxy) is 1. The van der Waals surface area contributed by atoms with E-state index in [0.717, 1.165) is 0 Å². The van der Waals surface area contributed by atoms with Crippen LogP contribution in [0.1, 0.15) is 24.2 Å². The van der Waals surface area contributed by atoms with Gasteiger partial charge in [0.2, 0.25) is 10.0 Å². The van der Waals surface area contributed by atoms with E-state index >= 15 is 0 Å². The van der Waals surface area contributed by atoms with Gasteiger partial charge >= 0.3 is 0 Å². The van der Waals surface area contributed by atoms with Crippen LogP contribution in [-0.4, -0.2) is 62.1 Å². The monoisotopic (exact) mass is 326 g/mol. The van der Waals surface area contributed by atoms with Crippen LogP contribution in [-0.2, 0) is 10.0 Å². The molecule has 0 spiro atoms. The Morgan fingerprint density at radius 2 is 1.82 bits per heavy atom. The summed E-state index contributed by atoms with van der Waals surface area (Å²) >= 11 is 0. The summed E-state index contributed by atoms with van der Waals surface area (Å²) in [6.45, 7) is 5.35. The van der Waals surface area contributed by atoms with Gasteiger partial charge < -0.3 is 9.64 Å². The molecule has 0 aliphatic carbocycles. The van der Waals surface area contributed by atoms with E-state index in [4.69, 9.17) is 4.74 Å². The summed E-state index contributed by atoms with van der Waals surface area (Å²) in [7, 11) is -3.18. The summed E-state index contributed by atoms with van der Waals surface area (Å²) in [4.78, 5) is 14.2. The Hall–Kier alpha value is -1.60. The van der Waals surface area contributed by atoms with Crippen LogP contribution in [0.25, 0.3) is 0 Å². The maximum Gasteiger partial charge on any atom is 0.254 e. The van der Waals surface area contributed by atoms with E-state index in [1.807, 2.05) is 19.9 Å². The number of benzene rings is 1. The van der Waals surface area contributed by atoms with Crippen LogP contribution in [0.2, 0.25) is 0 Å². The fourth-order valence-electron chi connectivity index (χ4n) is 2.38. The highest BCUT2D eigenvalue weighted by atomic mass is 32.2. The first-order chi connectivity index (χ1) is 10.3. The Bertz CT molecular complexity index is 635. The molecule has 7 heteroatoms. The molecule has 1 aliphatic heterocycles. The van der Waals surface area contributed by atoms with Gasteiger partial charge in [-0.3, -0.25) is 4.79 Å². The van der Waals surface area contributed by atoms with Gasteiger partial charge in [0.25, 0.3) is 5.91 Å². The Morgan fingerprint density at radius 3 is 2.36 bits per heavy atom. The van der Waals surface area contributed by atoms with Gasteiger partial charge in [-0.1, -0.05) is 6.07 Å². The van der Waals surface area contributed by atoms with Crippen LogP contribution in [0.4, 0.5) is 0 Å². The van der Waals surface area contributed by atoms with Crippen LogP contribution in [0, 0.1) is 0 Å². The van der Waals surface area contributed by atoms with Gasteiger partial charge in [0.05, 0.1) is 12.4 Å². The topological polar surface area (TPSA) is 66.9 Å². The van der Waals surface area contributed by atoms with Crippen molar-refractivity contribution in [2.24, 2.45) is 0 Å². The molecule has 0 bridgehead atoms. The Kier molecular flexibility index (Phi) is 5.08. The molecule has 122 valence electrons. The summed E-state index contributed by atoms with van der Waals surface area (Å²) in [5.74, 6) is 0.568. The van der Waals surface area contributed by atoms with E-state index in [9.17, 15) is 13.2 Å². The third-order valence-electron chi connectivity index (χ3n) is 3.45. The van der Waals surface area contributed by atoms with Crippen molar-refractivity contribution in [2.75, 3.05) is 32.4 Å². The number of hydrogen-bond acceptors (Lipinski definition) is 4. The maximum absolute atomic E-state index is 12.5. The standard InChI is InChI=1S/C15H22N2O4S/c1-12(2)21-14-6-4-5-13(11-14)15(18)16-7-9-17(10-8-16)22(3,19)20/h4-6,11-12H,7-10H2,1-3H3. The van der Waals surface area contributed by atoms with Crippen LogP contribution in [0.5, 0.6) is 5.75 Å². The molecule has 1 amide bonds. The predicted octanol–water partition coefficient (Wildman–Crippen LogP) is 1.19. The highest BCUT2D eigenvalue weighted by Gasteiger charge is 2.26. The van der Waals surface area contributed by atoms with Crippen molar-refractivity contribution in [1.29, 1.82) is 0 Å². The lowest BCUT2D eigenvalue weighted by atomic mass is 10.1. The minimum Gasteiger partial charge on any atom is -0.491 e. The Balaban J connectivity index is 2.04. The normalized spacial score (nSPS) is 16.8. The van der Waals surface area contributed by atoms with Crippen molar-refractivity contribution in [2.45, 2.75) is 20.0 Å². The molecule has 0 radical (unpaired) electrons. The van der Waals surface area contributed by atoms with E-state index < -0.39 is 10.0 Å². The summed E-state index contributed by atoms with van der Waals surface area (Å²) < 4.78 is 30.0. The number of amides is 1. The fraction of sp³-hybridized carbons (Fsp3) is 0.533. The zero-order valence-electron chi connectivity index (χ0n) is 13.2. The third-order valence-corrected chi connectivity index (χ3v) is 4.75. The van der Waals surface area contributed by atoms with Crippen molar-refractivity contribution in [3.63, 3.8) is 0 Å². The van der Waals surface area contributed by atoms with E-state index in [2.05, 4.69) is 0 Å². The molecule has 1 aromatic carbocycles. The number of hydrogen-bond donors (Lipinski definition) is 0. The molecule has 2 rings (SSSR count). The second-order valence-electron chi connectivity index (χ2n) is 5.65. The fourth-order valence-corrected chi connectivity index (χ4v) is 3.21. The summed E-state index contributed by atoms with van der Waals surface area (Å²) in [5, 5.41) is 0. The molecule has 1 aromatic rings. The van der Waals surface area contributed by atoms with E-state index in [0.29, 0.717) is 37.5 Å². The minimum absolute atomic E-state index is 0.0451. The average Bonchev–Trinajstić information content (AvgIpc) is 2.45. The zero-order chi connectivity index (χ0) is 16.3. The molecule has 0 N–H and O–H groups in total. The minimum atomic E-state index is -3.18. The van der Waals surface area contributed by atoms with Gasteiger partial charge in [-0.15, -0.1) is 0 Å². The van der Waals surface area contributed by atoms with E-state index in [-0.39, 0.29) is 12.0 Å². The lowest BCUT2D eigenvalue weighted by Crippen LogP contribution is -2.50. The molecule has 1 heterocycles. The first-order valence-corrected chi connectivity index (χ1v) is 9.13. The van der Waals surface area contributed by atoms with Gasteiger partial charge in [0.15, 0.2) is 0 Å². The summed E-state index contributed by atoms with van der Waals surface area (Å²) in [6, 6.07) is 7.08. The lowest BCUT2D eigenvalue weighted by Gasteiger charge is -2.33. The quantitative estimate of drug-likeness (QED) is 0.833. The van der Waals surface area contributed by atoms with Crippen LogP contribution >= 0.6 is 0 Å². The first kappa shape index (κ1) is 16.8. The number of carbonyl (C=O) groups excluding carboxylic acids is 1. The van der Waals surface area contributed by atoms with Crippen LogP contribution in [0.3, 0.4) is 0 Å². The molecule has 0 unspecified atom stereocenters. The van der Waals surface area contributed by atoms with Crippen LogP contribution < -0.4 is 4.74 Å². The number of nitrogens with zero attached hydrogens (tertiary/aromatic N) is 2. The molecule has 1 aliphatic rings. The van der Waals surface area contributed by atoms with Gasteiger partial charge in [-0.05, 0) is 32.0 Å². The lowest BCUT2D eigenvalue weighted by molar-refractivity contribution is 0.0697. The van der Waals surface area contributed by atoms with Gasteiger partial charge in [0.1, 0.15) is 5.75 Å². The molecule has 22 heavy (non-hydrogen) atoms.